The van der Waals surface area contributed by atoms with E-state index in [1.807, 2.05) is 19.0 Å². The standard InChI is InChI=1S/C12H21N7O2/c1-18(2)11(15)6-8(5-10(13)14)17-12-4-3-9(7-16-12)19(20)21/h3-4,7-8,11H,5-6,15H2,1-2H3,(H3,13,14)(H,16,17). The summed E-state index contributed by atoms with van der Waals surface area (Å²) in [6.45, 7) is 0. The van der Waals surface area contributed by atoms with E-state index < -0.39 is 4.92 Å². The fourth-order valence-electron chi connectivity index (χ4n) is 1.75. The van der Waals surface area contributed by atoms with Crippen molar-refractivity contribution in [2.24, 2.45) is 11.5 Å². The van der Waals surface area contributed by atoms with Gasteiger partial charge in [0.2, 0.25) is 0 Å². The number of nitrogens with zero attached hydrogens (tertiary/aromatic N) is 3. The van der Waals surface area contributed by atoms with Gasteiger partial charge in [-0.3, -0.25) is 20.4 Å². The molecule has 1 aromatic rings. The second-order valence-corrected chi connectivity index (χ2v) is 5.00. The highest BCUT2D eigenvalue weighted by molar-refractivity contribution is 5.77. The number of hydrogen-bond donors (Lipinski definition) is 4. The topological polar surface area (TPSA) is 147 Å². The SMILES string of the molecule is CN(C)C(N)CC(CC(=N)N)Nc1ccc([N+](=O)[O-])cn1. The minimum atomic E-state index is -0.508. The van der Waals surface area contributed by atoms with Crippen LogP contribution in [0.15, 0.2) is 18.3 Å². The molecule has 116 valence electrons. The fourth-order valence-corrected chi connectivity index (χ4v) is 1.75. The largest absolute Gasteiger partial charge is 0.388 e. The van der Waals surface area contributed by atoms with Crippen molar-refractivity contribution in [1.29, 1.82) is 5.41 Å². The summed E-state index contributed by atoms with van der Waals surface area (Å²) in [5.74, 6) is 0.526. The summed E-state index contributed by atoms with van der Waals surface area (Å²) >= 11 is 0. The Hall–Kier alpha value is -2.26. The maximum atomic E-state index is 10.6. The second kappa shape index (κ2) is 7.50. The molecule has 0 aliphatic heterocycles. The van der Waals surface area contributed by atoms with Crippen molar-refractivity contribution in [3.63, 3.8) is 0 Å². The molecule has 0 bridgehead atoms. The third kappa shape index (κ3) is 5.71. The average Bonchev–Trinajstić information content (AvgIpc) is 2.38. The van der Waals surface area contributed by atoms with E-state index in [9.17, 15) is 10.1 Å². The molecule has 6 N–H and O–H groups in total. The summed E-state index contributed by atoms with van der Waals surface area (Å²) in [6.07, 6.45) is 1.87. The zero-order chi connectivity index (χ0) is 16.0. The Kier molecular flexibility index (Phi) is 6.00. The van der Waals surface area contributed by atoms with E-state index in [1.54, 1.807) is 0 Å². The predicted octanol–water partition coefficient (Wildman–Crippen LogP) is 0.333. The smallest absolute Gasteiger partial charge is 0.287 e. The van der Waals surface area contributed by atoms with Gasteiger partial charge < -0.3 is 16.8 Å². The molecule has 0 saturated heterocycles. The van der Waals surface area contributed by atoms with Crippen LogP contribution in [0.25, 0.3) is 0 Å². The Morgan fingerprint density at radius 2 is 2.24 bits per heavy atom. The van der Waals surface area contributed by atoms with E-state index in [0.717, 1.165) is 0 Å². The summed E-state index contributed by atoms with van der Waals surface area (Å²) in [4.78, 5) is 15.9. The monoisotopic (exact) mass is 295 g/mol. The number of aromatic nitrogens is 1. The Morgan fingerprint density at radius 3 is 2.67 bits per heavy atom. The van der Waals surface area contributed by atoms with Gasteiger partial charge in [0.15, 0.2) is 0 Å². The zero-order valence-corrected chi connectivity index (χ0v) is 12.1. The molecule has 0 aromatic carbocycles. The fraction of sp³-hybridized carbons (Fsp3) is 0.500. The maximum absolute atomic E-state index is 10.6. The molecule has 2 atom stereocenters. The van der Waals surface area contributed by atoms with Gasteiger partial charge in [0.25, 0.3) is 5.69 Å². The molecule has 9 heteroatoms. The first-order valence-corrected chi connectivity index (χ1v) is 6.41. The number of anilines is 1. The summed E-state index contributed by atoms with van der Waals surface area (Å²) in [7, 11) is 3.72. The van der Waals surface area contributed by atoms with E-state index in [-0.39, 0.29) is 23.7 Å². The van der Waals surface area contributed by atoms with Crippen LogP contribution in [0.3, 0.4) is 0 Å². The average molecular weight is 295 g/mol. The first-order valence-electron chi connectivity index (χ1n) is 6.41. The number of hydrogen-bond acceptors (Lipinski definition) is 7. The van der Waals surface area contributed by atoms with Crippen LogP contribution in [0.5, 0.6) is 0 Å². The van der Waals surface area contributed by atoms with Crippen LogP contribution in [0, 0.1) is 15.5 Å². The van der Waals surface area contributed by atoms with Crippen molar-refractivity contribution >= 4 is 17.3 Å². The van der Waals surface area contributed by atoms with Crippen molar-refractivity contribution in [3.8, 4) is 0 Å². The molecule has 0 saturated carbocycles. The van der Waals surface area contributed by atoms with E-state index >= 15 is 0 Å². The van der Waals surface area contributed by atoms with Crippen LogP contribution < -0.4 is 16.8 Å². The molecule has 1 aromatic heterocycles. The predicted molar refractivity (Wildman–Crippen MR) is 81.1 cm³/mol. The van der Waals surface area contributed by atoms with Crippen LogP contribution in [-0.2, 0) is 0 Å². The third-order valence-electron chi connectivity index (χ3n) is 2.97. The van der Waals surface area contributed by atoms with Gasteiger partial charge in [-0.25, -0.2) is 4.98 Å². The lowest BCUT2D eigenvalue weighted by molar-refractivity contribution is -0.385. The van der Waals surface area contributed by atoms with Crippen LogP contribution in [0.2, 0.25) is 0 Å². The highest BCUT2D eigenvalue weighted by Crippen LogP contribution is 2.15. The molecule has 1 rings (SSSR count). The van der Waals surface area contributed by atoms with Crippen LogP contribution in [0.1, 0.15) is 12.8 Å². The van der Waals surface area contributed by atoms with Gasteiger partial charge in [-0.05, 0) is 26.6 Å². The minimum absolute atomic E-state index is 0.0420. The van der Waals surface area contributed by atoms with Gasteiger partial charge in [0.1, 0.15) is 12.0 Å². The third-order valence-corrected chi connectivity index (χ3v) is 2.97. The summed E-state index contributed by atoms with van der Waals surface area (Å²) < 4.78 is 0. The van der Waals surface area contributed by atoms with E-state index in [2.05, 4.69) is 10.3 Å². The van der Waals surface area contributed by atoms with Crippen molar-refractivity contribution in [3.05, 3.63) is 28.4 Å². The van der Waals surface area contributed by atoms with Crippen LogP contribution >= 0.6 is 0 Å². The Bertz CT molecular complexity index is 489. The van der Waals surface area contributed by atoms with Gasteiger partial charge in [-0.2, -0.15) is 0 Å². The molecule has 9 nitrogen and oxygen atoms in total. The number of nitrogens with two attached hydrogens (primary N) is 2. The lowest BCUT2D eigenvalue weighted by atomic mass is 10.1. The lowest BCUT2D eigenvalue weighted by Gasteiger charge is -2.26. The normalized spacial score (nSPS) is 13.7. The molecule has 1 heterocycles. The zero-order valence-electron chi connectivity index (χ0n) is 12.1. The molecular weight excluding hydrogens is 274 g/mol. The molecule has 0 spiro atoms. The Labute approximate surface area is 123 Å². The number of amidine groups is 1. The van der Waals surface area contributed by atoms with E-state index in [0.29, 0.717) is 18.7 Å². The summed E-state index contributed by atoms with van der Waals surface area (Å²) in [6, 6.07) is 2.72. The first-order chi connectivity index (χ1) is 9.79. The van der Waals surface area contributed by atoms with Gasteiger partial charge in [0, 0.05) is 18.5 Å². The minimum Gasteiger partial charge on any atom is -0.388 e. The van der Waals surface area contributed by atoms with Gasteiger partial charge in [-0.1, -0.05) is 0 Å². The Balaban J connectivity index is 2.75. The van der Waals surface area contributed by atoms with Crippen molar-refractivity contribution < 1.29 is 4.92 Å². The second-order valence-electron chi connectivity index (χ2n) is 5.00. The molecule has 2 unspecified atom stereocenters. The number of nitrogens with one attached hydrogen (secondary N) is 2. The van der Waals surface area contributed by atoms with Crippen LogP contribution in [-0.4, -0.2) is 46.9 Å². The van der Waals surface area contributed by atoms with Gasteiger partial charge >= 0.3 is 0 Å². The highest BCUT2D eigenvalue weighted by atomic mass is 16.6. The maximum Gasteiger partial charge on any atom is 0.287 e. The number of nitro groups is 1. The van der Waals surface area contributed by atoms with E-state index in [4.69, 9.17) is 16.9 Å². The molecule has 0 radical (unpaired) electrons. The lowest BCUT2D eigenvalue weighted by Crippen LogP contribution is -2.42. The molecule has 0 aliphatic carbocycles. The van der Waals surface area contributed by atoms with E-state index in [1.165, 1.54) is 18.3 Å². The van der Waals surface area contributed by atoms with Crippen molar-refractivity contribution in [2.75, 3.05) is 19.4 Å². The molecular formula is C12H21N7O2. The molecule has 0 amide bonds. The van der Waals surface area contributed by atoms with Gasteiger partial charge in [-0.15, -0.1) is 0 Å². The number of rotatable bonds is 8. The molecule has 0 fully saturated rings. The molecule has 21 heavy (non-hydrogen) atoms. The van der Waals surface area contributed by atoms with Gasteiger partial charge in [0.05, 0.1) is 16.9 Å². The highest BCUT2D eigenvalue weighted by Gasteiger charge is 2.17. The van der Waals surface area contributed by atoms with Crippen LogP contribution in [0.4, 0.5) is 11.5 Å². The van der Waals surface area contributed by atoms with Crippen molar-refractivity contribution in [2.45, 2.75) is 25.0 Å². The number of pyridine rings is 1. The quantitative estimate of drug-likeness (QED) is 0.178. The first kappa shape index (κ1) is 16.8. The molecule has 0 aliphatic rings. The summed E-state index contributed by atoms with van der Waals surface area (Å²) in [5, 5.41) is 21.1. The summed E-state index contributed by atoms with van der Waals surface area (Å²) in [5.41, 5.74) is 11.3. The Morgan fingerprint density at radius 1 is 1.57 bits per heavy atom. The van der Waals surface area contributed by atoms with Crippen molar-refractivity contribution in [1.82, 2.24) is 9.88 Å².